The number of carboxylic acids is 1. The summed E-state index contributed by atoms with van der Waals surface area (Å²) < 4.78 is 17.9. The van der Waals surface area contributed by atoms with E-state index in [-0.39, 0.29) is 37.3 Å². The molecule has 2 heterocycles. The summed E-state index contributed by atoms with van der Waals surface area (Å²) in [6, 6.07) is 5.01. The zero-order valence-electron chi connectivity index (χ0n) is 33.7. The van der Waals surface area contributed by atoms with E-state index < -0.39 is 58.9 Å². The van der Waals surface area contributed by atoms with E-state index in [2.05, 4.69) is 22.5 Å². The Kier molecular flexibility index (Phi) is 12.0. The van der Waals surface area contributed by atoms with E-state index in [1.54, 1.807) is 25.3 Å². The molecule has 57 heavy (non-hydrogen) atoms. The number of aliphatic carboxylic acids is 1. The number of carbonyl (C=O) groups excluding carboxylic acids is 4. The smallest absolute Gasteiger partial charge is 0.408 e. The zero-order chi connectivity index (χ0) is 41.2. The summed E-state index contributed by atoms with van der Waals surface area (Å²) in [4.78, 5) is 73.1. The second-order valence-corrected chi connectivity index (χ2v) is 17.1. The third-order valence-corrected chi connectivity index (χ3v) is 11.2. The fourth-order valence-electron chi connectivity index (χ4n) is 7.94. The third kappa shape index (κ3) is 9.26. The molecule has 3 fully saturated rings. The predicted octanol–water partition coefficient (Wildman–Crippen LogP) is 5.65. The van der Waals surface area contributed by atoms with E-state index in [0.717, 1.165) is 37.0 Å². The summed E-state index contributed by atoms with van der Waals surface area (Å²) in [5, 5.41) is 19.3. The van der Waals surface area contributed by atoms with E-state index in [1.165, 1.54) is 11.0 Å². The Bertz CT molecular complexity index is 2000. The fourth-order valence-corrected chi connectivity index (χ4v) is 7.94. The molecule has 0 radical (unpaired) electrons. The molecule has 5 atom stereocenters. The van der Waals surface area contributed by atoms with Crippen LogP contribution in [0.4, 0.5) is 4.79 Å². The standard InChI is InChI=1S/C43H55N5O9/c1-8-26-22-43(26,40(52)53)47-38(50)34-20-30(23-48(34)39(51)37(42(4,5)6)46-41(54)57-28-11-9-10-12-28)56-35-21-32(45-33-19-29(55-7)15-16-31(33)35)25-13-14-27(18-25)44-36(49)17-24(2)3/h8,13,15-16,18-19,21,24,26,28,30,34,37H,1,9-12,14,17,20,22-23H2,2-7H3,(H,44,49)(H,46,54)(H,47,50)(H,52,53). The molecule has 1 saturated heterocycles. The Balaban J connectivity index is 1.31. The molecule has 0 bridgehead atoms. The minimum Gasteiger partial charge on any atom is -0.497 e. The second-order valence-electron chi connectivity index (χ2n) is 17.1. The Morgan fingerprint density at radius 1 is 1.11 bits per heavy atom. The molecule has 1 aromatic heterocycles. The number of ether oxygens (including phenoxy) is 3. The van der Waals surface area contributed by atoms with Crippen LogP contribution in [0.3, 0.4) is 0 Å². The van der Waals surface area contributed by atoms with E-state index in [0.29, 0.717) is 40.9 Å². The number of nitrogens with one attached hydrogen (secondary N) is 3. The lowest BCUT2D eigenvalue weighted by Gasteiger charge is -2.35. The number of allylic oxidation sites excluding steroid dienone is 3. The van der Waals surface area contributed by atoms with Gasteiger partial charge in [-0.1, -0.05) is 46.8 Å². The molecule has 14 nitrogen and oxygen atoms in total. The van der Waals surface area contributed by atoms with E-state index in [1.807, 2.05) is 52.8 Å². The van der Waals surface area contributed by atoms with Crippen molar-refractivity contribution in [2.45, 2.75) is 116 Å². The van der Waals surface area contributed by atoms with Gasteiger partial charge >= 0.3 is 12.1 Å². The first-order valence-corrected chi connectivity index (χ1v) is 19.8. The van der Waals surface area contributed by atoms with Crippen molar-refractivity contribution < 1.29 is 43.3 Å². The number of aromatic nitrogens is 1. The number of amides is 4. The molecule has 1 aromatic carbocycles. The molecule has 4 N–H and O–H groups in total. The van der Waals surface area contributed by atoms with Gasteiger partial charge in [0.25, 0.3) is 0 Å². The van der Waals surface area contributed by atoms with Crippen LogP contribution in [0.1, 0.15) is 91.7 Å². The van der Waals surface area contributed by atoms with Crippen molar-refractivity contribution in [2.24, 2.45) is 17.3 Å². The molecule has 2 aromatic rings. The maximum Gasteiger partial charge on any atom is 0.408 e. The van der Waals surface area contributed by atoms with Crippen LogP contribution in [0.2, 0.25) is 0 Å². The third-order valence-electron chi connectivity index (χ3n) is 11.2. The molecular weight excluding hydrogens is 730 g/mol. The first kappa shape index (κ1) is 41.2. The number of fused-ring (bicyclic) bond motifs is 1. The van der Waals surface area contributed by atoms with Gasteiger partial charge in [-0.25, -0.2) is 14.6 Å². The van der Waals surface area contributed by atoms with Gasteiger partial charge in [-0.2, -0.15) is 0 Å². The van der Waals surface area contributed by atoms with Gasteiger partial charge in [0.15, 0.2) is 0 Å². The molecule has 4 aliphatic rings. The molecule has 6 rings (SSSR count). The highest BCUT2D eigenvalue weighted by atomic mass is 16.6. The summed E-state index contributed by atoms with van der Waals surface area (Å²) >= 11 is 0. The van der Waals surface area contributed by atoms with Gasteiger partial charge in [-0.3, -0.25) is 14.4 Å². The fraction of sp³-hybridized carbons (Fsp3) is 0.535. The number of nitrogens with zero attached hydrogens (tertiary/aromatic N) is 2. The van der Waals surface area contributed by atoms with Crippen molar-refractivity contribution in [1.29, 1.82) is 0 Å². The highest BCUT2D eigenvalue weighted by Crippen LogP contribution is 2.45. The minimum atomic E-state index is -1.52. The minimum absolute atomic E-state index is 0.0300. The lowest BCUT2D eigenvalue weighted by atomic mass is 9.85. The van der Waals surface area contributed by atoms with Gasteiger partial charge < -0.3 is 40.2 Å². The molecule has 0 spiro atoms. The summed E-state index contributed by atoms with van der Waals surface area (Å²) in [5.74, 6) is -1.61. The van der Waals surface area contributed by atoms with Crippen LogP contribution < -0.4 is 25.4 Å². The Morgan fingerprint density at radius 3 is 2.47 bits per heavy atom. The maximum atomic E-state index is 14.6. The zero-order valence-corrected chi connectivity index (χ0v) is 33.7. The monoisotopic (exact) mass is 785 g/mol. The number of hydrogen-bond donors (Lipinski definition) is 4. The number of rotatable bonds is 14. The Labute approximate surface area is 333 Å². The molecule has 3 aliphatic carbocycles. The lowest BCUT2D eigenvalue weighted by Crippen LogP contribution is -2.59. The van der Waals surface area contributed by atoms with Crippen molar-refractivity contribution in [3.8, 4) is 11.5 Å². The van der Waals surface area contributed by atoms with Crippen LogP contribution in [0, 0.1) is 17.3 Å². The van der Waals surface area contributed by atoms with Crippen molar-refractivity contribution in [2.75, 3.05) is 13.7 Å². The van der Waals surface area contributed by atoms with Crippen molar-refractivity contribution in [3.05, 3.63) is 60.5 Å². The number of methoxy groups -OCH3 is 1. The van der Waals surface area contributed by atoms with Crippen molar-refractivity contribution >= 4 is 46.3 Å². The van der Waals surface area contributed by atoms with Crippen LogP contribution in [-0.2, 0) is 23.9 Å². The first-order chi connectivity index (χ1) is 27.0. The average Bonchev–Trinajstić information content (AvgIpc) is 3.56. The highest BCUT2D eigenvalue weighted by molar-refractivity contribution is 5.96. The molecular formula is C43H55N5O9. The summed E-state index contributed by atoms with van der Waals surface area (Å²) in [6.45, 7) is 13.1. The van der Waals surface area contributed by atoms with Crippen LogP contribution in [-0.4, -0.2) is 88.3 Å². The van der Waals surface area contributed by atoms with Gasteiger partial charge in [0.2, 0.25) is 17.7 Å². The largest absolute Gasteiger partial charge is 0.497 e. The topological polar surface area (TPSA) is 185 Å². The number of pyridine rings is 1. The molecule has 14 heteroatoms. The Morgan fingerprint density at radius 2 is 1.84 bits per heavy atom. The quantitative estimate of drug-likeness (QED) is 0.175. The normalized spacial score (nSPS) is 23.7. The molecule has 306 valence electrons. The van der Waals surface area contributed by atoms with E-state index in [9.17, 15) is 29.1 Å². The molecule has 2 saturated carbocycles. The summed E-state index contributed by atoms with van der Waals surface area (Å²) in [6.07, 6.45) is 8.31. The maximum absolute atomic E-state index is 14.6. The number of carbonyl (C=O) groups is 5. The Hall–Kier alpha value is -5.40. The van der Waals surface area contributed by atoms with Gasteiger partial charge in [0, 0.05) is 48.4 Å². The van der Waals surface area contributed by atoms with Crippen LogP contribution in [0.5, 0.6) is 11.5 Å². The molecule has 1 aliphatic heterocycles. The van der Waals surface area contributed by atoms with Gasteiger partial charge in [0.05, 0.1) is 24.9 Å². The van der Waals surface area contributed by atoms with Gasteiger partial charge in [-0.05, 0) is 67.2 Å². The van der Waals surface area contributed by atoms with Crippen LogP contribution in [0.25, 0.3) is 16.5 Å². The SMILES string of the molecule is C=CC1CC1(NC(=O)C1CC(Oc2cc(C3=CCC(NC(=O)CC(C)C)=C3)nc3cc(OC)ccc23)CN1C(=O)C(NC(=O)OC1CCCC1)C(C)(C)C)C(=O)O. The molecule has 4 amide bonds. The number of benzene rings is 1. The number of likely N-dealkylation sites (tertiary alicyclic amines) is 1. The summed E-state index contributed by atoms with van der Waals surface area (Å²) in [7, 11) is 1.56. The van der Waals surface area contributed by atoms with Crippen LogP contribution in [0.15, 0.2) is 54.8 Å². The molecule has 5 unspecified atom stereocenters. The van der Waals surface area contributed by atoms with E-state index in [4.69, 9.17) is 19.2 Å². The van der Waals surface area contributed by atoms with E-state index >= 15 is 0 Å². The average molecular weight is 786 g/mol. The van der Waals surface area contributed by atoms with Gasteiger partial charge in [-0.15, -0.1) is 6.58 Å². The summed E-state index contributed by atoms with van der Waals surface area (Å²) in [5.41, 5.74) is 0.400. The van der Waals surface area contributed by atoms with Crippen LogP contribution >= 0.6 is 0 Å². The number of carboxylic acid groups (broad SMARTS) is 1. The predicted molar refractivity (Wildman–Crippen MR) is 213 cm³/mol. The number of alkyl carbamates (subject to hydrolysis) is 1. The second kappa shape index (κ2) is 16.6. The van der Waals surface area contributed by atoms with Crippen molar-refractivity contribution in [1.82, 2.24) is 25.8 Å². The lowest BCUT2D eigenvalue weighted by molar-refractivity contribution is -0.146. The van der Waals surface area contributed by atoms with Gasteiger partial charge in [0.1, 0.15) is 41.3 Å². The van der Waals surface area contributed by atoms with Crippen molar-refractivity contribution in [3.63, 3.8) is 0 Å². The number of hydrogen-bond acceptors (Lipinski definition) is 9. The first-order valence-electron chi connectivity index (χ1n) is 19.8. The highest BCUT2D eigenvalue weighted by Gasteiger charge is 2.61.